The van der Waals surface area contributed by atoms with E-state index in [1.165, 1.54) is 0 Å². The molecule has 0 spiro atoms. The van der Waals surface area contributed by atoms with Crippen LogP contribution in [0.15, 0.2) is 89.4 Å². The lowest BCUT2D eigenvalue weighted by molar-refractivity contribution is 1.16. The Balaban J connectivity index is 1.90. The van der Waals surface area contributed by atoms with Crippen molar-refractivity contribution in [1.29, 1.82) is 0 Å². The summed E-state index contributed by atoms with van der Waals surface area (Å²) in [5.41, 5.74) is 4.92. The van der Waals surface area contributed by atoms with Gasteiger partial charge in [-0.2, -0.15) is 0 Å². The summed E-state index contributed by atoms with van der Waals surface area (Å²) < 4.78 is 1.01. The zero-order chi connectivity index (χ0) is 17.1. The molecule has 3 aromatic rings. The molecule has 2 nitrogen and oxygen atoms in total. The first-order valence-electron chi connectivity index (χ1n) is 7.96. The molecule has 0 fully saturated rings. The topological polar surface area (TPSA) is 25.8 Å². The maximum Gasteiger partial charge on any atom is 0.160 e. The largest absolute Gasteiger partial charge is 0.228 e. The van der Waals surface area contributed by atoms with Gasteiger partial charge in [0.05, 0.1) is 17.8 Å². The number of rotatable bonds is 3. The first-order valence-corrected chi connectivity index (χ1v) is 8.76. The second-order valence-electron chi connectivity index (χ2n) is 5.63. The van der Waals surface area contributed by atoms with Crippen molar-refractivity contribution in [1.82, 2.24) is 9.97 Å². The number of halogens is 1. The van der Waals surface area contributed by atoms with Gasteiger partial charge in [0.2, 0.25) is 0 Å². The highest BCUT2D eigenvalue weighted by Crippen LogP contribution is 2.27. The van der Waals surface area contributed by atoms with Gasteiger partial charge in [-0.25, -0.2) is 9.97 Å². The van der Waals surface area contributed by atoms with Crippen LogP contribution in [0.25, 0.3) is 28.2 Å². The van der Waals surface area contributed by atoms with Gasteiger partial charge < -0.3 is 0 Å². The second-order valence-corrected chi connectivity index (χ2v) is 6.54. The van der Waals surface area contributed by atoms with Crippen LogP contribution >= 0.6 is 15.9 Å². The molecule has 0 N–H and O–H groups in total. The van der Waals surface area contributed by atoms with Gasteiger partial charge in [-0.05, 0) is 18.2 Å². The molecule has 0 atom stereocenters. The number of allylic oxidation sites excluding steroid dienone is 6. The molecule has 0 amide bonds. The van der Waals surface area contributed by atoms with Gasteiger partial charge in [0.15, 0.2) is 5.82 Å². The zero-order valence-electron chi connectivity index (χ0n) is 13.4. The Kier molecular flexibility index (Phi) is 4.34. The average Bonchev–Trinajstić information content (AvgIpc) is 2.69. The lowest BCUT2D eigenvalue weighted by Crippen LogP contribution is -1.98. The predicted molar refractivity (Wildman–Crippen MR) is 106 cm³/mol. The third-order valence-electron chi connectivity index (χ3n) is 3.89. The summed E-state index contributed by atoms with van der Waals surface area (Å²) in [6.45, 7) is 0. The summed E-state index contributed by atoms with van der Waals surface area (Å²) >= 11 is 3.53. The number of benzene rings is 2. The van der Waals surface area contributed by atoms with E-state index >= 15 is 0 Å². The molecule has 1 aliphatic rings. The van der Waals surface area contributed by atoms with Crippen molar-refractivity contribution >= 4 is 21.5 Å². The van der Waals surface area contributed by atoms with Crippen LogP contribution in [0.2, 0.25) is 0 Å². The predicted octanol–water partition coefficient (Wildman–Crippen LogP) is 5.89. The maximum absolute atomic E-state index is 4.80. The van der Waals surface area contributed by atoms with E-state index in [4.69, 9.17) is 9.97 Å². The van der Waals surface area contributed by atoms with Crippen LogP contribution in [-0.4, -0.2) is 9.97 Å². The minimum Gasteiger partial charge on any atom is -0.228 e. The maximum atomic E-state index is 4.80. The zero-order valence-corrected chi connectivity index (χ0v) is 14.9. The molecule has 1 heterocycles. The van der Waals surface area contributed by atoms with Gasteiger partial charge in [-0.1, -0.05) is 58.4 Å². The average molecular weight is 386 g/mol. The third kappa shape index (κ3) is 3.48. The van der Waals surface area contributed by atoms with Crippen LogP contribution in [0.3, 0.4) is 0 Å². The molecule has 4 rings (SSSR count). The Morgan fingerprint density at radius 2 is 1.60 bits per heavy atom. The highest BCUT2D eigenvalue weighted by atomic mass is 79.9. The molecule has 0 bridgehead atoms. The van der Waals surface area contributed by atoms with E-state index in [9.17, 15) is 0 Å². The van der Waals surface area contributed by atoms with Gasteiger partial charge in [0.1, 0.15) is 23.4 Å². The van der Waals surface area contributed by atoms with Gasteiger partial charge in [-0.15, -0.1) is 0 Å². The highest BCUT2D eigenvalue weighted by Gasteiger charge is 2.14. The summed E-state index contributed by atoms with van der Waals surface area (Å²) in [7, 11) is 0. The van der Waals surface area contributed by atoms with Crippen molar-refractivity contribution in [2.24, 2.45) is 0 Å². The van der Waals surface area contributed by atoms with Gasteiger partial charge >= 0.3 is 0 Å². The first kappa shape index (κ1) is 15.6. The first-order chi connectivity index (χ1) is 12.3. The standard InChI is InChI=1S/C22H14BrN2/c23-19-13-7-12-18(14-19)22-24-20(16-8-3-1-4-9-16)15-21(25-22)17-10-5-2-6-11-17/h1,3-15H/q+1. The quantitative estimate of drug-likeness (QED) is 0.525. The highest BCUT2D eigenvalue weighted by molar-refractivity contribution is 9.10. The Morgan fingerprint density at radius 3 is 2.36 bits per heavy atom. The lowest BCUT2D eigenvalue weighted by Gasteiger charge is -2.08. The van der Waals surface area contributed by atoms with Crippen molar-refractivity contribution in [2.45, 2.75) is 0 Å². The van der Waals surface area contributed by atoms with Crippen LogP contribution in [0.4, 0.5) is 0 Å². The van der Waals surface area contributed by atoms with Crippen molar-refractivity contribution in [3.8, 4) is 22.6 Å². The fraction of sp³-hybridized carbons (Fsp3) is 0. The smallest absolute Gasteiger partial charge is 0.160 e. The van der Waals surface area contributed by atoms with Crippen LogP contribution in [0.1, 0.15) is 5.69 Å². The summed E-state index contributed by atoms with van der Waals surface area (Å²) in [4.78, 5) is 9.60. The summed E-state index contributed by atoms with van der Waals surface area (Å²) in [6, 6.07) is 20.3. The SMILES string of the molecule is Brc1cccc(-c2nc(C3=CC=[C+]C=C3)cc(-c3ccccc3)n2)c1. The molecule has 3 heteroatoms. The molecular weight excluding hydrogens is 372 g/mol. The molecule has 25 heavy (non-hydrogen) atoms. The number of hydrogen-bond acceptors (Lipinski definition) is 2. The van der Waals surface area contributed by atoms with E-state index in [1.54, 1.807) is 0 Å². The molecule has 0 saturated heterocycles. The van der Waals surface area contributed by atoms with E-state index < -0.39 is 0 Å². The van der Waals surface area contributed by atoms with Gasteiger partial charge in [-0.3, -0.25) is 0 Å². The molecular formula is C22H14BrN2+. The molecule has 0 aliphatic heterocycles. The fourth-order valence-electron chi connectivity index (χ4n) is 2.67. The summed E-state index contributed by atoms with van der Waals surface area (Å²) in [5.74, 6) is 0.713. The minimum absolute atomic E-state index is 0.713. The van der Waals surface area contributed by atoms with E-state index in [0.29, 0.717) is 5.82 Å². The van der Waals surface area contributed by atoms with Crippen LogP contribution < -0.4 is 0 Å². The van der Waals surface area contributed by atoms with E-state index in [2.05, 4.69) is 34.1 Å². The number of aromatic nitrogens is 2. The second kappa shape index (κ2) is 6.94. The monoisotopic (exact) mass is 385 g/mol. The molecule has 2 aromatic carbocycles. The Morgan fingerprint density at radius 1 is 0.800 bits per heavy atom. The van der Waals surface area contributed by atoms with Gasteiger partial charge in [0.25, 0.3) is 0 Å². The van der Waals surface area contributed by atoms with Crippen LogP contribution in [0.5, 0.6) is 0 Å². The van der Waals surface area contributed by atoms with Crippen molar-refractivity contribution in [2.75, 3.05) is 0 Å². The molecule has 0 saturated carbocycles. The minimum atomic E-state index is 0.713. The number of nitrogens with zero attached hydrogens (tertiary/aromatic N) is 2. The third-order valence-corrected chi connectivity index (χ3v) is 4.39. The lowest BCUT2D eigenvalue weighted by atomic mass is 10.0. The van der Waals surface area contributed by atoms with E-state index in [1.807, 2.05) is 72.8 Å². The van der Waals surface area contributed by atoms with E-state index in [-0.39, 0.29) is 0 Å². The Hall–Kier alpha value is -2.87. The molecule has 1 aromatic heterocycles. The summed E-state index contributed by atoms with van der Waals surface area (Å²) in [5, 5.41) is 0. The molecule has 118 valence electrons. The van der Waals surface area contributed by atoms with Crippen molar-refractivity contribution in [3.63, 3.8) is 0 Å². The normalized spacial score (nSPS) is 12.6. The molecule has 0 radical (unpaired) electrons. The fourth-order valence-corrected chi connectivity index (χ4v) is 3.07. The van der Waals surface area contributed by atoms with Crippen molar-refractivity contribution in [3.05, 3.63) is 101 Å². The summed E-state index contributed by atoms with van der Waals surface area (Å²) in [6.07, 6.45) is 10.9. The van der Waals surface area contributed by atoms with Crippen molar-refractivity contribution < 1.29 is 0 Å². The van der Waals surface area contributed by atoms with E-state index in [0.717, 1.165) is 32.6 Å². The Labute approximate surface area is 155 Å². The number of hydrogen-bond donors (Lipinski definition) is 0. The van der Waals surface area contributed by atoms with Crippen LogP contribution in [-0.2, 0) is 0 Å². The van der Waals surface area contributed by atoms with Crippen LogP contribution in [0, 0.1) is 6.08 Å². The Bertz CT molecular complexity index is 1000. The van der Waals surface area contributed by atoms with Gasteiger partial charge in [0, 0.05) is 21.7 Å². The molecule has 0 unspecified atom stereocenters. The molecule has 1 aliphatic carbocycles.